The lowest BCUT2D eigenvalue weighted by molar-refractivity contribution is 0.263. The van der Waals surface area contributed by atoms with Gasteiger partial charge in [0.1, 0.15) is 0 Å². The molecule has 2 aromatic heterocycles. The highest BCUT2D eigenvalue weighted by Crippen LogP contribution is 2.34. The monoisotopic (exact) mass is 305 g/mol. The molecule has 1 saturated carbocycles. The number of aromatic nitrogens is 2. The molecule has 1 aliphatic carbocycles. The summed E-state index contributed by atoms with van der Waals surface area (Å²) < 4.78 is 5.60. The summed E-state index contributed by atoms with van der Waals surface area (Å²) in [6.07, 6.45) is 6.06. The van der Waals surface area contributed by atoms with E-state index in [1.165, 1.54) is 24.8 Å². The van der Waals surface area contributed by atoms with E-state index < -0.39 is 0 Å². The average Bonchev–Trinajstić information content (AvgIpc) is 3.14. The first-order valence-corrected chi connectivity index (χ1v) is 8.84. The minimum atomic E-state index is 0.366. The zero-order chi connectivity index (χ0) is 14.7. The molecule has 0 saturated heterocycles. The van der Waals surface area contributed by atoms with Crippen LogP contribution in [-0.2, 0) is 0 Å². The van der Waals surface area contributed by atoms with Gasteiger partial charge in [0, 0.05) is 17.0 Å². The summed E-state index contributed by atoms with van der Waals surface area (Å²) in [5.74, 6) is 1.91. The predicted octanol–water partition coefficient (Wildman–Crippen LogP) is 4.13. The summed E-state index contributed by atoms with van der Waals surface area (Å²) in [6.45, 7) is 5.36. The largest absolute Gasteiger partial charge is 0.339 e. The Labute approximate surface area is 130 Å². The van der Waals surface area contributed by atoms with Gasteiger partial charge in [-0.3, -0.25) is 0 Å². The van der Waals surface area contributed by atoms with E-state index in [9.17, 15) is 0 Å². The molecule has 5 heteroatoms. The minimum Gasteiger partial charge on any atom is -0.339 e. The van der Waals surface area contributed by atoms with Gasteiger partial charge in [0.25, 0.3) is 0 Å². The van der Waals surface area contributed by atoms with Crippen LogP contribution in [0.4, 0.5) is 0 Å². The van der Waals surface area contributed by atoms with Crippen molar-refractivity contribution in [1.29, 1.82) is 0 Å². The van der Waals surface area contributed by atoms with Crippen molar-refractivity contribution >= 4 is 11.3 Å². The Bertz CT molecular complexity index is 578. The molecule has 0 aliphatic heterocycles. The first kappa shape index (κ1) is 14.7. The van der Waals surface area contributed by atoms with Crippen LogP contribution < -0.4 is 5.32 Å². The molecule has 114 valence electrons. The molecule has 4 nitrogen and oxygen atoms in total. The Balaban J connectivity index is 1.79. The van der Waals surface area contributed by atoms with E-state index in [4.69, 9.17) is 4.52 Å². The van der Waals surface area contributed by atoms with Crippen molar-refractivity contribution in [3.05, 3.63) is 22.2 Å². The molecule has 0 amide bonds. The second-order valence-electron chi connectivity index (χ2n) is 5.88. The molecule has 2 atom stereocenters. The van der Waals surface area contributed by atoms with Gasteiger partial charge in [-0.25, -0.2) is 0 Å². The predicted molar refractivity (Wildman–Crippen MR) is 85.6 cm³/mol. The molecule has 2 heterocycles. The molecule has 2 unspecified atom stereocenters. The van der Waals surface area contributed by atoms with Crippen LogP contribution in [0.15, 0.2) is 15.3 Å². The zero-order valence-electron chi connectivity index (χ0n) is 12.8. The quantitative estimate of drug-likeness (QED) is 0.902. The van der Waals surface area contributed by atoms with Crippen LogP contribution in [0, 0.1) is 6.92 Å². The van der Waals surface area contributed by atoms with E-state index in [1.54, 1.807) is 11.3 Å². The van der Waals surface area contributed by atoms with E-state index in [1.807, 2.05) is 0 Å². The number of hydrogen-bond acceptors (Lipinski definition) is 5. The lowest BCUT2D eigenvalue weighted by Crippen LogP contribution is -2.37. The lowest BCUT2D eigenvalue weighted by Gasteiger charge is -2.29. The van der Waals surface area contributed by atoms with Crippen LogP contribution in [-0.4, -0.2) is 22.7 Å². The summed E-state index contributed by atoms with van der Waals surface area (Å²) in [5, 5.41) is 12.1. The topological polar surface area (TPSA) is 51.0 Å². The Morgan fingerprint density at radius 2 is 2.19 bits per heavy atom. The van der Waals surface area contributed by atoms with Gasteiger partial charge >= 0.3 is 0 Å². The standard InChI is InChI=1S/C16H23N3OS/c1-3-8-17-14-7-5-4-6-12(14)16-18-15(19-20-16)13-10-21-9-11(13)2/h9-10,12,14,17H,3-8H2,1-2H3. The van der Waals surface area contributed by atoms with Gasteiger partial charge in [-0.2, -0.15) is 16.3 Å². The molecule has 1 N–H and O–H groups in total. The van der Waals surface area contributed by atoms with Gasteiger partial charge < -0.3 is 9.84 Å². The van der Waals surface area contributed by atoms with Crippen LogP contribution >= 0.6 is 11.3 Å². The molecule has 0 spiro atoms. The molecule has 3 rings (SSSR count). The number of nitrogens with one attached hydrogen (secondary N) is 1. The lowest BCUT2D eigenvalue weighted by atomic mass is 9.84. The van der Waals surface area contributed by atoms with Crippen molar-refractivity contribution in [1.82, 2.24) is 15.5 Å². The Morgan fingerprint density at radius 3 is 2.95 bits per heavy atom. The Morgan fingerprint density at radius 1 is 1.33 bits per heavy atom. The van der Waals surface area contributed by atoms with Crippen molar-refractivity contribution in [2.45, 2.75) is 57.9 Å². The zero-order valence-corrected chi connectivity index (χ0v) is 13.6. The normalized spacial score (nSPS) is 22.6. The van der Waals surface area contributed by atoms with Gasteiger partial charge in [-0.05, 0) is 43.7 Å². The second-order valence-corrected chi connectivity index (χ2v) is 6.62. The van der Waals surface area contributed by atoms with E-state index >= 15 is 0 Å². The fourth-order valence-electron chi connectivity index (χ4n) is 3.09. The average molecular weight is 305 g/mol. The van der Waals surface area contributed by atoms with E-state index in [2.05, 4.69) is 40.1 Å². The van der Waals surface area contributed by atoms with Crippen molar-refractivity contribution in [3.8, 4) is 11.4 Å². The van der Waals surface area contributed by atoms with Gasteiger partial charge in [0.2, 0.25) is 11.7 Å². The summed E-state index contributed by atoms with van der Waals surface area (Å²) in [7, 11) is 0. The Kier molecular flexibility index (Phi) is 4.70. The maximum atomic E-state index is 5.60. The number of rotatable bonds is 5. The van der Waals surface area contributed by atoms with Crippen molar-refractivity contribution < 1.29 is 4.52 Å². The molecule has 1 aliphatic rings. The van der Waals surface area contributed by atoms with Gasteiger partial charge in [-0.1, -0.05) is 24.9 Å². The molecular formula is C16H23N3OS. The first-order chi connectivity index (χ1) is 10.3. The van der Waals surface area contributed by atoms with Crippen molar-refractivity contribution in [3.63, 3.8) is 0 Å². The fraction of sp³-hybridized carbons (Fsp3) is 0.625. The van der Waals surface area contributed by atoms with Gasteiger partial charge in [0.15, 0.2) is 0 Å². The SMILES string of the molecule is CCCNC1CCCCC1c1nc(-c2cscc2C)no1. The van der Waals surface area contributed by atoms with E-state index in [0.717, 1.165) is 36.7 Å². The van der Waals surface area contributed by atoms with E-state index in [0.29, 0.717) is 12.0 Å². The van der Waals surface area contributed by atoms with E-state index in [-0.39, 0.29) is 0 Å². The second kappa shape index (κ2) is 6.71. The minimum absolute atomic E-state index is 0.366. The highest BCUT2D eigenvalue weighted by atomic mass is 32.1. The van der Waals surface area contributed by atoms with Gasteiger partial charge in [0.05, 0.1) is 5.92 Å². The summed E-state index contributed by atoms with van der Waals surface area (Å²) >= 11 is 1.68. The number of nitrogens with zero attached hydrogens (tertiary/aromatic N) is 2. The highest BCUT2D eigenvalue weighted by Gasteiger charge is 2.30. The maximum Gasteiger partial charge on any atom is 0.231 e. The number of hydrogen-bond donors (Lipinski definition) is 1. The van der Waals surface area contributed by atoms with Crippen molar-refractivity contribution in [2.24, 2.45) is 0 Å². The third kappa shape index (κ3) is 3.19. The molecular weight excluding hydrogens is 282 g/mol. The van der Waals surface area contributed by atoms with Crippen LogP contribution in [0.3, 0.4) is 0 Å². The van der Waals surface area contributed by atoms with Crippen LogP contribution in [0.5, 0.6) is 0 Å². The molecule has 0 bridgehead atoms. The third-order valence-corrected chi connectivity index (χ3v) is 5.14. The smallest absolute Gasteiger partial charge is 0.231 e. The summed E-state index contributed by atoms with van der Waals surface area (Å²) in [5.41, 5.74) is 2.32. The Hall–Kier alpha value is -1.20. The number of thiophene rings is 1. The van der Waals surface area contributed by atoms with Crippen LogP contribution in [0.25, 0.3) is 11.4 Å². The summed E-state index contributed by atoms with van der Waals surface area (Å²) in [4.78, 5) is 4.68. The third-order valence-electron chi connectivity index (χ3n) is 4.28. The molecule has 21 heavy (non-hydrogen) atoms. The van der Waals surface area contributed by atoms with Crippen molar-refractivity contribution in [2.75, 3.05) is 6.54 Å². The first-order valence-electron chi connectivity index (χ1n) is 7.89. The fourth-order valence-corrected chi connectivity index (χ4v) is 3.91. The van der Waals surface area contributed by atoms with Crippen LogP contribution in [0.2, 0.25) is 0 Å². The highest BCUT2D eigenvalue weighted by molar-refractivity contribution is 7.08. The number of aryl methyl sites for hydroxylation is 1. The molecule has 0 radical (unpaired) electrons. The van der Waals surface area contributed by atoms with Crippen LogP contribution in [0.1, 0.15) is 56.4 Å². The molecule has 0 aromatic carbocycles. The molecule has 1 fully saturated rings. The summed E-state index contributed by atoms with van der Waals surface area (Å²) in [6, 6.07) is 0.482. The maximum absolute atomic E-state index is 5.60. The van der Waals surface area contributed by atoms with Gasteiger partial charge in [-0.15, -0.1) is 0 Å². The molecule has 2 aromatic rings.